The molecule has 0 radical (unpaired) electrons. The summed E-state index contributed by atoms with van der Waals surface area (Å²) >= 11 is 0. The molecule has 29 heavy (non-hydrogen) atoms. The number of hydrogen-bond acceptors (Lipinski definition) is 5. The summed E-state index contributed by atoms with van der Waals surface area (Å²) < 4.78 is 11.6. The first-order chi connectivity index (χ1) is 13.8. The van der Waals surface area contributed by atoms with Gasteiger partial charge in [0.1, 0.15) is 5.60 Å². The Morgan fingerprint density at radius 2 is 1.45 bits per heavy atom. The second-order valence-electron chi connectivity index (χ2n) is 11.8. The zero-order chi connectivity index (χ0) is 20.0. The fourth-order valence-electron chi connectivity index (χ4n) is 9.09. The van der Waals surface area contributed by atoms with Gasteiger partial charge in [-0.2, -0.15) is 0 Å². The summed E-state index contributed by atoms with van der Waals surface area (Å²) in [6.45, 7) is 1.87. The third-order valence-corrected chi connectivity index (χ3v) is 10.1. The quantitative estimate of drug-likeness (QED) is 0.729. The van der Waals surface area contributed by atoms with E-state index in [0.29, 0.717) is 17.8 Å². The first-order valence-electron chi connectivity index (χ1n) is 11.9. The lowest BCUT2D eigenvalue weighted by Crippen LogP contribution is -2.58. The molecule has 8 aliphatic carbocycles. The summed E-state index contributed by atoms with van der Waals surface area (Å²) in [7, 11) is 0. The van der Waals surface area contributed by atoms with Crippen LogP contribution in [0.4, 0.5) is 0 Å². The summed E-state index contributed by atoms with van der Waals surface area (Å²) in [5.74, 6) is 2.99. The summed E-state index contributed by atoms with van der Waals surface area (Å²) in [5.41, 5.74) is -0.843. The van der Waals surface area contributed by atoms with Gasteiger partial charge in [0, 0.05) is 0 Å². The van der Waals surface area contributed by atoms with Crippen molar-refractivity contribution in [2.75, 3.05) is 6.61 Å². The number of carbonyl (C=O) groups is 2. The van der Waals surface area contributed by atoms with E-state index in [4.69, 9.17) is 9.47 Å². The van der Waals surface area contributed by atoms with E-state index in [9.17, 15) is 14.7 Å². The van der Waals surface area contributed by atoms with Gasteiger partial charge in [0.25, 0.3) is 0 Å². The van der Waals surface area contributed by atoms with E-state index in [2.05, 4.69) is 6.92 Å². The van der Waals surface area contributed by atoms with Crippen molar-refractivity contribution in [2.24, 2.45) is 46.8 Å². The van der Waals surface area contributed by atoms with Crippen LogP contribution in [0.2, 0.25) is 0 Å². The highest BCUT2D eigenvalue weighted by Crippen LogP contribution is 2.61. The van der Waals surface area contributed by atoms with E-state index in [1.165, 1.54) is 32.1 Å². The van der Waals surface area contributed by atoms with Crippen molar-refractivity contribution in [3.8, 4) is 0 Å². The smallest absolute Gasteiger partial charge is 0.344 e. The summed E-state index contributed by atoms with van der Waals surface area (Å²) in [6, 6.07) is 0. The molecular weight excluding hydrogens is 368 g/mol. The highest BCUT2D eigenvalue weighted by molar-refractivity contribution is 5.81. The predicted octanol–water partition coefficient (Wildman–Crippen LogP) is 3.47. The molecule has 0 amide bonds. The Morgan fingerprint density at radius 1 is 0.862 bits per heavy atom. The Bertz CT molecular complexity index is 685. The van der Waals surface area contributed by atoms with E-state index in [1.807, 2.05) is 0 Å². The van der Waals surface area contributed by atoms with Crippen molar-refractivity contribution in [2.45, 2.75) is 82.8 Å². The van der Waals surface area contributed by atoms with Gasteiger partial charge in [0.15, 0.2) is 6.61 Å². The molecule has 0 heterocycles. The highest BCUT2D eigenvalue weighted by atomic mass is 16.6. The molecule has 8 bridgehead atoms. The van der Waals surface area contributed by atoms with Gasteiger partial charge in [0.05, 0.1) is 11.5 Å². The molecule has 2 atom stereocenters. The van der Waals surface area contributed by atoms with Crippen molar-refractivity contribution in [1.82, 2.24) is 0 Å². The van der Waals surface area contributed by atoms with Crippen LogP contribution in [0.25, 0.3) is 0 Å². The molecule has 160 valence electrons. The molecule has 5 heteroatoms. The molecular formula is C24H34O5. The van der Waals surface area contributed by atoms with Gasteiger partial charge in [-0.05, 0) is 113 Å². The van der Waals surface area contributed by atoms with Crippen LogP contribution >= 0.6 is 0 Å². The standard InChI is InChI=1S/C24H34O5/c1-23(18-5-13-2-14(7-18)8-19(23)6-13)29-20(25)12-28-22(27)24-9-15-3-16(10-24)21(26)17(4-15)11-24/h13-19,21,26H,2-12H2,1H3. The Hall–Kier alpha value is -1.10. The maximum atomic E-state index is 13.0. The van der Waals surface area contributed by atoms with E-state index < -0.39 is 5.41 Å². The maximum absolute atomic E-state index is 13.0. The van der Waals surface area contributed by atoms with Gasteiger partial charge in [-0.15, -0.1) is 0 Å². The summed E-state index contributed by atoms with van der Waals surface area (Å²) in [5, 5.41) is 10.4. The van der Waals surface area contributed by atoms with E-state index in [0.717, 1.165) is 43.9 Å². The lowest BCUT2D eigenvalue weighted by Gasteiger charge is -2.59. The molecule has 8 rings (SSSR count). The van der Waals surface area contributed by atoms with Crippen molar-refractivity contribution >= 4 is 11.9 Å². The van der Waals surface area contributed by atoms with Crippen molar-refractivity contribution in [3.05, 3.63) is 0 Å². The number of esters is 2. The number of rotatable bonds is 4. The van der Waals surface area contributed by atoms with E-state index >= 15 is 0 Å². The Labute approximate surface area is 172 Å². The Morgan fingerprint density at radius 3 is 2.03 bits per heavy atom. The second-order valence-corrected chi connectivity index (χ2v) is 11.8. The first-order valence-corrected chi connectivity index (χ1v) is 11.9. The van der Waals surface area contributed by atoms with E-state index in [-0.39, 0.29) is 42.1 Å². The minimum atomic E-state index is -0.470. The van der Waals surface area contributed by atoms with Crippen molar-refractivity contribution in [1.29, 1.82) is 0 Å². The molecule has 8 fully saturated rings. The van der Waals surface area contributed by atoms with Crippen molar-refractivity contribution < 1.29 is 24.2 Å². The summed E-state index contributed by atoms with van der Waals surface area (Å²) in [4.78, 5) is 25.7. The topological polar surface area (TPSA) is 72.8 Å². The fraction of sp³-hybridized carbons (Fsp3) is 0.917. The van der Waals surface area contributed by atoms with Crippen LogP contribution in [0.1, 0.15) is 71.1 Å². The molecule has 0 aromatic rings. The predicted molar refractivity (Wildman–Crippen MR) is 104 cm³/mol. The van der Waals surface area contributed by atoms with Crippen LogP contribution < -0.4 is 0 Å². The van der Waals surface area contributed by atoms with Crippen LogP contribution in [0, 0.1) is 46.8 Å². The molecule has 0 saturated heterocycles. The zero-order valence-corrected chi connectivity index (χ0v) is 17.5. The molecule has 2 unspecified atom stereocenters. The lowest BCUT2D eigenvalue weighted by atomic mass is 9.48. The number of aliphatic hydroxyl groups excluding tert-OH is 1. The third-order valence-electron chi connectivity index (χ3n) is 10.1. The van der Waals surface area contributed by atoms with Crippen LogP contribution in [0.5, 0.6) is 0 Å². The Balaban J connectivity index is 1.09. The third kappa shape index (κ3) is 2.75. The molecule has 0 aromatic carbocycles. The highest BCUT2D eigenvalue weighted by Gasteiger charge is 2.59. The van der Waals surface area contributed by atoms with Crippen LogP contribution in [-0.2, 0) is 19.1 Å². The average Bonchev–Trinajstić information content (AvgIpc) is 2.67. The number of ether oxygens (including phenoxy) is 2. The van der Waals surface area contributed by atoms with Gasteiger partial charge < -0.3 is 14.6 Å². The van der Waals surface area contributed by atoms with Gasteiger partial charge in [0.2, 0.25) is 0 Å². The number of carbonyl (C=O) groups excluding carboxylic acids is 2. The zero-order valence-electron chi connectivity index (χ0n) is 17.5. The molecule has 8 saturated carbocycles. The molecule has 5 nitrogen and oxygen atoms in total. The average molecular weight is 403 g/mol. The monoisotopic (exact) mass is 402 g/mol. The summed E-state index contributed by atoms with van der Waals surface area (Å²) in [6.07, 6.45) is 10.3. The second kappa shape index (κ2) is 6.21. The fourth-order valence-corrected chi connectivity index (χ4v) is 9.09. The molecule has 8 aliphatic rings. The minimum Gasteiger partial charge on any atom is -0.456 e. The lowest BCUT2D eigenvalue weighted by molar-refractivity contribution is -0.210. The first kappa shape index (κ1) is 18.7. The molecule has 0 aromatic heterocycles. The molecule has 0 aliphatic heterocycles. The number of aliphatic hydroxyl groups is 1. The SMILES string of the molecule is CC1(OC(=O)COC(=O)C23CC4CC(C2)C(O)C(C4)C3)C2CC3CC(C2)CC1C3. The normalized spacial score (nSPS) is 53.9. The van der Waals surface area contributed by atoms with Crippen LogP contribution in [0.3, 0.4) is 0 Å². The molecule has 0 spiro atoms. The van der Waals surface area contributed by atoms with Crippen molar-refractivity contribution in [3.63, 3.8) is 0 Å². The van der Waals surface area contributed by atoms with Crippen LogP contribution in [-0.4, -0.2) is 35.4 Å². The van der Waals surface area contributed by atoms with Gasteiger partial charge in [-0.3, -0.25) is 4.79 Å². The molecule has 1 N–H and O–H groups in total. The van der Waals surface area contributed by atoms with E-state index in [1.54, 1.807) is 0 Å². The maximum Gasteiger partial charge on any atom is 0.344 e. The Kier molecular flexibility index (Phi) is 3.99. The largest absolute Gasteiger partial charge is 0.456 e. The number of hydrogen-bond donors (Lipinski definition) is 1. The minimum absolute atomic E-state index is 0.226. The van der Waals surface area contributed by atoms with Gasteiger partial charge >= 0.3 is 11.9 Å². The van der Waals surface area contributed by atoms with Gasteiger partial charge in [-0.1, -0.05) is 0 Å². The van der Waals surface area contributed by atoms with Gasteiger partial charge in [-0.25, -0.2) is 4.79 Å². The van der Waals surface area contributed by atoms with Crippen LogP contribution in [0.15, 0.2) is 0 Å².